The molecule has 8 nitrogen and oxygen atoms in total. The molecule has 1 aliphatic heterocycles. The molecule has 0 bridgehead atoms. The van der Waals surface area contributed by atoms with Crippen molar-refractivity contribution in [1.82, 2.24) is 24.4 Å². The number of nitrogens with zero attached hydrogens (tertiary/aromatic N) is 6. The van der Waals surface area contributed by atoms with Crippen molar-refractivity contribution in [3.05, 3.63) is 30.5 Å². The normalized spacial score (nSPS) is 24.5. The topological polar surface area (TPSA) is 79.2 Å². The third-order valence-corrected chi connectivity index (χ3v) is 7.91. The number of anilines is 2. The molecule has 33 heavy (non-hydrogen) atoms. The van der Waals surface area contributed by atoms with Gasteiger partial charge >= 0.3 is 6.03 Å². The van der Waals surface area contributed by atoms with E-state index < -0.39 is 0 Å². The second-order valence-corrected chi connectivity index (χ2v) is 11.4. The summed E-state index contributed by atoms with van der Waals surface area (Å²) in [6, 6.07) is 2.47. The zero-order valence-electron chi connectivity index (χ0n) is 20.6. The molecule has 0 unspecified atom stereocenters. The fourth-order valence-corrected chi connectivity index (χ4v) is 5.34. The number of carbonyl (C=O) groups excluding carboxylic acids is 1. The first-order valence-corrected chi connectivity index (χ1v) is 12.4. The van der Waals surface area contributed by atoms with Crippen molar-refractivity contribution in [2.75, 3.05) is 23.8 Å². The van der Waals surface area contributed by atoms with Crippen LogP contribution in [0.2, 0.25) is 0 Å². The van der Waals surface area contributed by atoms with Crippen LogP contribution in [-0.4, -0.2) is 50.1 Å². The van der Waals surface area contributed by atoms with Crippen LogP contribution in [0.3, 0.4) is 0 Å². The average Bonchev–Trinajstić information content (AvgIpc) is 3.24. The maximum atomic E-state index is 12.8. The van der Waals surface area contributed by atoms with E-state index >= 15 is 0 Å². The summed E-state index contributed by atoms with van der Waals surface area (Å²) in [5.74, 6) is 1.56. The molecular formula is C25H37N7O. The van der Waals surface area contributed by atoms with Crippen LogP contribution in [0.15, 0.2) is 24.8 Å². The monoisotopic (exact) mass is 451 g/mol. The molecule has 1 atom stereocenters. The quantitative estimate of drug-likeness (QED) is 0.682. The zero-order valence-corrected chi connectivity index (χ0v) is 20.6. The number of hydrogen-bond acceptors (Lipinski definition) is 5. The Bertz CT molecular complexity index is 1020. The summed E-state index contributed by atoms with van der Waals surface area (Å²) in [6.45, 7) is 9.75. The summed E-state index contributed by atoms with van der Waals surface area (Å²) in [4.78, 5) is 30.4. The molecule has 3 heterocycles. The van der Waals surface area contributed by atoms with Gasteiger partial charge in [-0.3, -0.25) is 4.90 Å². The van der Waals surface area contributed by atoms with Crippen LogP contribution in [0.25, 0.3) is 0 Å². The second kappa shape index (κ2) is 7.99. The van der Waals surface area contributed by atoms with Crippen molar-refractivity contribution in [1.29, 1.82) is 0 Å². The van der Waals surface area contributed by atoms with E-state index in [0.717, 1.165) is 18.5 Å². The van der Waals surface area contributed by atoms with E-state index in [4.69, 9.17) is 9.97 Å². The molecule has 3 aliphatic rings. The maximum Gasteiger partial charge on any atom is 0.325 e. The molecule has 2 aromatic rings. The summed E-state index contributed by atoms with van der Waals surface area (Å²) in [5.41, 5.74) is 1.32. The number of urea groups is 1. The first-order valence-electron chi connectivity index (χ1n) is 12.4. The Morgan fingerprint density at radius 3 is 2.52 bits per heavy atom. The molecule has 2 saturated carbocycles. The molecule has 178 valence electrons. The van der Waals surface area contributed by atoms with Gasteiger partial charge in [0.25, 0.3) is 0 Å². The SMILES string of the molecule is CC(C)[C@H]1CN(C)C(=O)N1c1ccnc(NC2(c3cn(C4CCC(C)(C)CC4)cn3)CC2)n1. The van der Waals surface area contributed by atoms with E-state index in [0.29, 0.717) is 35.7 Å². The van der Waals surface area contributed by atoms with Crippen molar-refractivity contribution >= 4 is 17.8 Å². The van der Waals surface area contributed by atoms with Crippen LogP contribution < -0.4 is 10.2 Å². The lowest BCUT2D eigenvalue weighted by Gasteiger charge is -2.34. The lowest BCUT2D eigenvalue weighted by atomic mass is 9.75. The largest absolute Gasteiger partial charge is 0.343 e. The molecule has 0 radical (unpaired) electrons. The van der Waals surface area contributed by atoms with Crippen LogP contribution in [0.1, 0.15) is 78.0 Å². The minimum absolute atomic E-state index is 0.00566. The van der Waals surface area contributed by atoms with Gasteiger partial charge in [0, 0.05) is 32.0 Å². The van der Waals surface area contributed by atoms with Gasteiger partial charge in [0.1, 0.15) is 5.82 Å². The Morgan fingerprint density at radius 2 is 1.85 bits per heavy atom. The van der Waals surface area contributed by atoms with E-state index in [-0.39, 0.29) is 17.6 Å². The summed E-state index contributed by atoms with van der Waals surface area (Å²) in [6.07, 6.45) is 12.9. The first kappa shape index (κ1) is 22.2. The van der Waals surface area contributed by atoms with Crippen LogP contribution in [-0.2, 0) is 5.54 Å². The van der Waals surface area contributed by atoms with Crippen LogP contribution >= 0.6 is 0 Å². The summed E-state index contributed by atoms with van der Waals surface area (Å²) < 4.78 is 2.32. The summed E-state index contributed by atoms with van der Waals surface area (Å²) in [5, 5.41) is 3.56. The van der Waals surface area contributed by atoms with Gasteiger partial charge in [-0.15, -0.1) is 0 Å². The van der Waals surface area contributed by atoms with E-state index in [9.17, 15) is 4.79 Å². The van der Waals surface area contributed by atoms with E-state index in [2.05, 4.69) is 48.8 Å². The summed E-state index contributed by atoms with van der Waals surface area (Å²) >= 11 is 0. The lowest BCUT2D eigenvalue weighted by Crippen LogP contribution is -2.38. The minimum atomic E-state index is -0.207. The van der Waals surface area contributed by atoms with Gasteiger partial charge in [-0.1, -0.05) is 27.7 Å². The third-order valence-electron chi connectivity index (χ3n) is 7.91. The highest BCUT2D eigenvalue weighted by atomic mass is 16.2. The predicted octanol–water partition coefficient (Wildman–Crippen LogP) is 4.81. The molecule has 8 heteroatoms. The van der Waals surface area contributed by atoms with Gasteiger partial charge in [-0.25, -0.2) is 14.8 Å². The van der Waals surface area contributed by atoms with E-state index in [1.807, 2.05) is 24.3 Å². The fourth-order valence-electron chi connectivity index (χ4n) is 5.34. The van der Waals surface area contributed by atoms with Crippen LogP contribution in [0.5, 0.6) is 0 Å². The van der Waals surface area contributed by atoms with Gasteiger partial charge in [-0.2, -0.15) is 4.98 Å². The highest BCUT2D eigenvalue weighted by molar-refractivity contribution is 5.94. The number of likely N-dealkylation sites (N-methyl/N-ethyl adjacent to an activating group) is 1. The van der Waals surface area contributed by atoms with Gasteiger partial charge < -0.3 is 14.8 Å². The number of imidazole rings is 1. The van der Waals surface area contributed by atoms with Crippen molar-refractivity contribution < 1.29 is 4.79 Å². The van der Waals surface area contributed by atoms with Gasteiger partial charge in [0.05, 0.1) is 23.6 Å². The molecular weight excluding hydrogens is 414 g/mol. The Kier molecular flexibility index (Phi) is 5.37. The first-order chi connectivity index (χ1) is 15.7. The molecule has 2 amide bonds. The molecule has 0 spiro atoms. The fraction of sp³-hybridized carbons (Fsp3) is 0.680. The van der Waals surface area contributed by atoms with Crippen LogP contribution in [0.4, 0.5) is 16.6 Å². The smallest absolute Gasteiger partial charge is 0.325 e. The van der Waals surface area contributed by atoms with Crippen molar-refractivity contribution in [2.24, 2.45) is 11.3 Å². The van der Waals surface area contributed by atoms with Gasteiger partial charge in [-0.05, 0) is 55.9 Å². The molecule has 1 N–H and O–H groups in total. The maximum absolute atomic E-state index is 12.8. The van der Waals surface area contributed by atoms with Gasteiger partial charge in [0.15, 0.2) is 0 Å². The third kappa shape index (κ3) is 4.20. The number of nitrogens with one attached hydrogen (secondary N) is 1. The summed E-state index contributed by atoms with van der Waals surface area (Å²) in [7, 11) is 1.85. The van der Waals surface area contributed by atoms with E-state index in [1.165, 1.54) is 25.7 Å². The molecule has 5 rings (SSSR count). The Labute approximate surface area is 196 Å². The van der Waals surface area contributed by atoms with Crippen molar-refractivity contribution in [3.63, 3.8) is 0 Å². The molecule has 2 aromatic heterocycles. The highest BCUT2D eigenvalue weighted by Gasteiger charge is 2.47. The Morgan fingerprint density at radius 1 is 1.12 bits per heavy atom. The predicted molar refractivity (Wildman–Crippen MR) is 129 cm³/mol. The zero-order chi connectivity index (χ0) is 23.4. The van der Waals surface area contributed by atoms with E-state index in [1.54, 1.807) is 11.1 Å². The van der Waals surface area contributed by atoms with Crippen molar-refractivity contribution in [3.8, 4) is 0 Å². The number of carbonyl (C=O) groups is 1. The second-order valence-electron chi connectivity index (χ2n) is 11.4. The standard InChI is InChI=1S/C25H37N7O/c1-17(2)19-14-30(5)23(33)32(19)21-8-13-26-22(28-21)29-25(11-12-25)20-15-31(16-27-20)18-6-9-24(3,4)10-7-18/h8,13,15-19H,6-7,9-12,14H2,1-5H3,(H,26,28,29)/t19-/m1/s1. The minimum Gasteiger partial charge on any atom is -0.343 e. The number of rotatable bonds is 6. The molecule has 3 fully saturated rings. The number of amides is 2. The van der Waals surface area contributed by atoms with Gasteiger partial charge in [0.2, 0.25) is 5.95 Å². The number of aromatic nitrogens is 4. The molecule has 1 saturated heterocycles. The number of hydrogen-bond donors (Lipinski definition) is 1. The molecule has 2 aliphatic carbocycles. The average molecular weight is 452 g/mol. The Hall–Kier alpha value is -2.64. The lowest BCUT2D eigenvalue weighted by molar-refractivity contribution is 0.193. The highest BCUT2D eigenvalue weighted by Crippen LogP contribution is 2.48. The molecule has 0 aromatic carbocycles. The Balaban J connectivity index is 1.32. The van der Waals surface area contributed by atoms with Crippen LogP contribution in [0, 0.1) is 11.3 Å². The van der Waals surface area contributed by atoms with Crippen molar-refractivity contribution in [2.45, 2.75) is 83.8 Å².